The highest BCUT2D eigenvalue weighted by Gasteiger charge is 2.12. The summed E-state index contributed by atoms with van der Waals surface area (Å²) in [5.74, 6) is 0. The summed E-state index contributed by atoms with van der Waals surface area (Å²) in [5, 5.41) is 3.42. The number of nitrogens with one attached hydrogen (secondary N) is 1. The van der Waals surface area contributed by atoms with Crippen molar-refractivity contribution in [2.24, 2.45) is 0 Å². The fourth-order valence-electron chi connectivity index (χ4n) is 2.08. The van der Waals surface area contributed by atoms with Gasteiger partial charge >= 0.3 is 0 Å². The molecule has 0 bridgehead atoms. The predicted molar refractivity (Wildman–Crippen MR) is 71.6 cm³/mol. The first kappa shape index (κ1) is 13.4. The maximum absolute atomic E-state index is 11.3. The third-order valence-electron chi connectivity index (χ3n) is 3.11. The number of benzene rings is 1. The highest BCUT2D eigenvalue weighted by Crippen LogP contribution is 2.18. The zero-order valence-electron chi connectivity index (χ0n) is 10.6. The highest BCUT2D eigenvalue weighted by molar-refractivity contribution is 7.90. The Hall–Kier alpha value is -1.07. The lowest BCUT2D eigenvalue weighted by molar-refractivity contribution is 0.144. The van der Waals surface area contributed by atoms with E-state index < -0.39 is 9.84 Å². The van der Waals surface area contributed by atoms with Gasteiger partial charge < -0.3 is 10.1 Å². The zero-order chi connectivity index (χ0) is 13.0. The van der Waals surface area contributed by atoms with Gasteiger partial charge in [-0.2, -0.15) is 0 Å². The number of anilines is 1. The summed E-state index contributed by atoms with van der Waals surface area (Å²) in [4.78, 5) is 0.359. The van der Waals surface area contributed by atoms with Crippen molar-refractivity contribution in [2.75, 3.05) is 24.8 Å². The van der Waals surface area contributed by atoms with E-state index in [9.17, 15) is 8.42 Å². The second kappa shape index (κ2) is 5.71. The molecule has 1 aromatic rings. The first-order chi connectivity index (χ1) is 8.55. The van der Waals surface area contributed by atoms with E-state index in [0.717, 1.165) is 38.2 Å². The van der Waals surface area contributed by atoms with Crippen LogP contribution in [-0.4, -0.2) is 33.9 Å². The van der Waals surface area contributed by atoms with Gasteiger partial charge in [-0.3, -0.25) is 0 Å². The molecule has 100 valence electrons. The molecule has 1 aliphatic heterocycles. The molecule has 4 nitrogen and oxygen atoms in total. The molecule has 1 unspecified atom stereocenters. The van der Waals surface area contributed by atoms with Crippen LogP contribution in [0.2, 0.25) is 0 Å². The van der Waals surface area contributed by atoms with Crippen LogP contribution < -0.4 is 5.32 Å². The SMILES string of the molecule is CS(=O)(=O)c1ccc(NC2CCCOCC2)cc1. The maximum Gasteiger partial charge on any atom is 0.175 e. The molecule has 1 heterocycles. The van der Waals surface area contributed by atoms with Crippen LogP contribution in [0.3, 0.4) is 0 Å². The van der Waals surface area contributed by atoms with Crippen molar-refractivity contribution in [3.8, 4) is 0 Å². The van der Waals surface area contributed by atoms with E-state index in [1.807, 2.05) is 12.1 Å². The summed E-state index contributed by atoms with van der Waals surface area (Å²) in [5.41, 5.74) is 0.967. The van der Waals surface area contributed by atoms with Crippen molar-refractivity contribution in [3.63, 3.8) is 0 Å². The van der Waals surface area contributed by atoms with Gasteiger partial charge in [0.25, 0.3) is 0 Å². The molecule has 2 rings (SSSR count). The van der Waals surface area contributed by atoms with Crippen LogP contribution in [0, 0.1) is 0 Å². The molecule has 0 amide bonds. The van der Waals surface area contributed by atoms with E-state index in [0.29, 0.717) is 10.9 Å². The Labute approximate surface area is 108 Å². The Balaban J connectivity index is 2.01. The Morgan fingerprint density at radius 2 is 1.89 bits per heavy atom. The average molecular weight is 269 g/mol. The molecule has 0 radical (unpaired) electrons. The maximum atomic E-state index is 11.3. The van der Waals surface area contributed by atoms with Crippen molar-refractivity contribution in [1.29, 1.82) is 0 Å². The summed E-state index contributed by atoms with van der Waals surface area (Å²) in [6, 6.07) is 7.34. The van der Waals surface area contributed by atoms with E-state index in [1.54, 1.807) is 12.1 Å². The van der Waals surface area contributed by atoms with Crippen LogP contribution in [0.4, 0.5) is 5.69 Å². The molecule has 1 N–H and O–H groups in total. The Bertz CT molecular complexity index is 473. The van der Waals surface area contributed by atoms with Crippen molar-refractivity contribution in [3.05, 3.63) is 24.3 Å². The van der Waals surface area contributed by atoms with E-state index in [1.165, 1.54) is 6.26 Å². The quantitative estimate of drug-likeness (QED) is 0.912. The average Bonchev–Trinajstić information content (AvgIpc) is 2.57. The number of sulfone groups is 1. The Morgan fingerprint density at radius 1 is 1.17 bits per heavy atom. The van der Waals surface area contributed by atoms with Crippen LogP contribution >= 0.6 is 0 Å². The second-order valence-electron chi connectivity index (χ2n) is 4.68. The van der Waals surface area contributed by atoms with Gasteiger partial charge in [0.15, 0.2) is 9.84 Å². The fourth-order valence-corrected chi connectivity index (χ4v) is 2.71. The van der Waals surface area contributed by atoms with Gasteiger partial charge in [-0.25, -0.2) is 8.42 Å². The number of ether oxygens (including phenoxy) is 1. The van der Waals surface area contributed by atoms with E-state index in [4.69, 9.17) is 4.74 Å². The van der Waals surface area contributed by atoms with E-state index >= 15 is 0 Å². The lowest BCUT2D eigenvalue weighted by Crippen LogP contribution is -2.19. The third-order valence-corrected chi connectivity index (χ3v) is 4.23. The van der Waals surface area contributed by atoms with Crippen molar-refractivity contribution in [1.82, 2.24) is 0 Å². The van der Waals surface area contributed by atoms with Gasteiger partial charge in [-0.15, -0.1) is 0 Å². The monoisotopic (exact) mass is 269 g/mol. The summed E-state index contributed by atoms with van der Waals surface area (Å²) < 4.78 is 28.1. The first-order valence-corrected chi connectivity index (χ1v) is 8.09. The van der Waals surface area contributed by atoms with Crippen molar-refractivity contribution < 1.29 is 13.2 Å². The van der Waals surface area contributed by atoms with E-state index in [-0.39, 0.29) is 0 Å². The molecular weight excluding hydrogens is 250 g/mol. The lowest BCUT2D eigenvalue weighted by atomic mass is 10.1. The van der Waals surface area contributed by atoms with Gasteiger partial charge in [0, 0.05) is 31.2 Å². The molecule has 0 spiro atoms. The Morgan fingerprint density at radius 3 is 2.56 bits per heavy atom. The van der Waals surface area contributed by atoms with Gasteiger partial charge in [0.2, 0.25) is 0 Å². The first-order valence-electron chi connectivity index (χ1n) is 6.20. The van der Waals surface area contributed by atoms with E-state index in [2.05, 4.69) is 5.32 Å². The molecular formula is C13H19NO3S. The molecule has 0 saturated carbocycles. The molecule has 5 heteroatoms. The highest BCUT2D eigenvalue weighted by atomic mass is 32.2. The number of hydrogen-bond donors (Lipinski definition) is 1. The lowest BCUT2D eigenvalue weighted by Gasteiger charge is -2.17. The predicted octanol–water partition coefficient (Wildman–Crippen LogP) is 2.07. The minimum Gasteiger partial charge on any atom is -0.382 e. The van der Waals surface area contributed by atoms with Gasteiger partial charge in [0.1, 0.15) is 0 Å². The summed E-state index contributed by atoms with van der Waals surface area (Å²) >= 11 is 0. The molecule has 1 atom stereocenters. The van der Waals surface area contributed by atoms with Gasteiger partial charge in [0.05, 0.1) is 4.90 Å². The second-order valence-corrected chi connectivity index (χ2v) is 6.70. The van der Waals surface area contributed by atoms with Crippen LogP contribution in [0.1, 0.15) is 19.3 Å². The molecule has 0 aliphatic carbocycles. The van der Waals surface area contributed by atoms with Crippen molar-refractivity contribution in [2.45, 2.75) is 30.2 Å². The number of rotatable bonds is 3. The molecule has 18 heavy (non-hydrogen) atoms. The van der Waals surface area contributed by atoms with Crippen LogP contribution in [0.15, 0.2) is 29.2 Å². The molecule has 1 aromatic carbocycles. The van der Waals surface area contributed by atoms with Crippen LogP contribution in [-0.2, 0) is 14.6 Å². The Kier molecular flexibility index (Phi) is 4.24. The standard InChI is InChI=1S/C13H19NO3S/c1-18(15,16)13-6-4-12(5-7-13)14-11-3-2-9-17-10-8-11/h4-7,11,14H,2-3,8-10H2,1H3. The van der Waals surface area contributed by atoms with Crippen LogP contribution in [0.25, 0.3) is 0 Å². The zero-order valence-corrected chi connectivity index (χ0v) is 11.4. The summed E-state index contributed by atoms with van der Waals surface area (Å²) in [7, 11) is -3.11. The summed E-state index contributed by atoms with van der Waals surface area (Å²) in [6.45, 7) is 1.63. The minimum atomic E-state index is -3.11. The fraction of sp³-hybridized carbons (Fsp3) is 0.538. The third kappa shape index (κ3) is 3.71. The molecule has 1 saturated heterocycles. The van der Waals surface area contributed by atoms with Crippen LogP contribution in [0.5, 0.6) is 0 Å². The minimum absolute atomic E-state index is 0.359. The summed E-state index contributed by atoms with van der Waals surface area (Å²) in [6.07, 6.45) is 4.37. The molecule has 1 fully saturated rings. The normalized spacial score (nSPS) is 21.3. The van der Waals surface area contributed by atoms with Crippen molar-refractivity contribution >= 4 is 15.5 Å². The topological polar surface area (TPSA) is 55.4 Å². The van der Waals surface area contributed by atoms with Gasteiger partial charge in [-0.1, -0.05) is 0 Å². The molecule has 0 aromatic heterocycles. The molecule has 1 aliphatic rings. The smallest absolute Gasteiger partial charge is 0.175 e. The number of hydrogen-bond acceptors (Lipinski definition) is 4. The largest absolute Gasteiger partial charge is 0.382 e. The van der Waals surface area contributed by atoms with Gasteiger partial charge in [-0.05, 0) is 43.5 Å².